The lowest BCUT2D eigenvalue weighted by atomic mass is 9.84. The van der Waals surface area contributed by atoms with Gasteiger partial charge in [-0.2, -0.15) is 0 Å². The van der Waals surface area contributed by atoms with Gasteiger partial charge in [-0.15, -0.1) is 0 Å². The molecule has 0 radical (unpaired) electrons. The number of hydrogen-bond donors (Lipinski definition) is 0. The van der Waals surface area contributed by atoms with Crippen LogP contribution in [-0.4, -0.2) is 0 Å². The largest absolute Gasteiger partial charge is 0.207 e. The lowest BCUT2D eigenvalue weighted by Gasteiger charge is -2.22. The minimum Gasteiger partial charge on any atom is -0.207 e. The molecule has 0 spiro atoms. The number of rotatable bonds is 10. The molecule has 0 amide bonds. The molecule has 0 heterocycles. The van der Waals surface area contributed by atoms with Gasteiger partial charge in [0.15, 0.2) is 0 Å². The van der Waals surface area contributed by atoms with E-state index in [2.05, 4.69) is 294 Å². The highest BCUT2D eigenvalue weighted by atomic mass is 79.9. The highest BCUT2D eigenvalue weighted by Gasteiger charge is 2.23. The summed E-state index contributed by atoms with van der Waals surface area (Å²) in [4.78, 5) is 0. The molecule has 0 unspecified atom stereocenters. The Balaban J connectivity index is 0.00000105. The van der Waals surface area contributed by atoms with Gasteiger partial charge in [-0.3, -0.25) is 0 Å². The first-order valence-electron chi connectivity index (χ1n) is 31.7. The van der Waals surface area contributed by atoms with Gasteiger partial charge in [0.2, 0.25) is 0 Å². The van der Waals surface area contributed by atoms with Gasteiger partial charge in [0.1, 0.15) is 17.5 Å². The summed E-state index contributed by atoms with van der Waals surface area (Å²) in [6, 6.07) is 31.0. The Bertz CT molecular complexity index is 2510. The predicted molar refractivity (Wildman–Crippen MR) is 386 cm³/mol. The van der Waals surface area contributed by atoms with Crippen molar-refractivity contribution in [2.24, 2.45) is 54.1 Å². The highest BCUT2D eigenvalue weighted by molar-refractivity contribution is 9.10. The van der Waals surface area contributed by atoms with Gasteiger partial charge < -0.3 is 0 Å². The first kappa shape index (κ1) is 82.8. The van der Waals surface area contributed by atoms with E-state index in [1.54, 1.807) is 24.3 Å². The van der Waals surface area contributed by atoms with Crippen molar-refractivity contribution in [3.63, 3.8) is 0 Å². The molecule has 0 nitrogen and oxygen atoms in total. The van der Waals surface area contributed by atoms with Crippen LogP contribution < -0.4 is 0 Å². The van der Waals surface area contributed by atoms with Crippen molar-refractivity contribution >= 4 is 31.9 Å². The van der Waals surface area contributed by atoms with Crippen molar-refractivity contribution in [2.45, 2.75) is 279 Å². The van der Waals surface area contributed by atoms with E-state index in [0.717, 1.165) is 107 Å². The summed E-state index contributed by atoms with van der Waals surface area (Å²) in [6.45, 7) is 66.4. The molecule has 0 fully saturated rings. The zero-order valence-electron chi connectivity index (χ0n) is 60.1. The second kappa shape index (κ2) is 33.3. The summed E-state index contributed by atoms with van der Waals surface area (Å²) < 4.78 is 43.9. The number of hydrogen-bond acceptors (Lipinski definition) is 0. The fourth-order valence-electron chi connectivity index (χ4n) is 10.3. The molecule has 0 aliphatic carbocycles. The Labute approximate surface area is 548 Å². The highest BCUT2D eigenvalue weighted by Crippen LogP contribution is 2.34. The van der Waals surface area contributed by atoms with Crippen LogP contribution in [-0.2, 0) is 64.2 Å². The van der Waals surface area contributed by atoms with Crippen LogP contribution in [0.3, 0.4) is 0 Å². The quantitative estimate of drug-likeness (QED) is 0.131. The van der Waals surface area contributed by atoms with Crippen molar-refractivity contribution in [1.82, 2.24) is 0 Å². The van der Waals surface area contributed by atoms with Gasteiger partial charge in [0.05, 0.1) is 0 Å². The van der Waals surface area contributed by atoms with E-state index in [1.165, 1.54) is 22.3 Å². The van der Waals surface area contributed by atoms with Gasteiger partial charge in [0.25, 0.3) is 0 Å². The average molecular weight is 1320 g/mol. The smallest absolute Gasteiger partial charge is 0.126 e. The minimum absolute atomic E-state index is 0. The lowest BCUT2D eigenvalue weighted by molar-refractivity contribution is 0.398. The van der Waals surface area contributed by atoms with E-state index in [1.807, 2.05) is 12.1 Å². The van der Waals surface area contributed by atoms with E-state index < -0.39 is 0 Å². The van der Waals surface area contributed by atoms with Crippen molar-refractivity contribution in [1.29, 1.82) is 0 Å². The third-order valence-corrected chi connectivity index (χ3v) is 14.2. The maximum atomic E-state index is 14.1. The van der Waals surface area contributed by atoms with Crippen LogP contribution in [0.1, 0.15) is 271 Å². The summed E-state index contributed by atoms with van der Waals surface area (Å²) in [5.74, 6) is -0.259. The van der Waals surface area contributed by atoms with Gasteiger partial charge in [-0.1, -0.05) is 302 Å². The summed E-state index contributed by atoms with van der Waals surface area (Å²) >= 11 is 7.15. The van der Waals surface area contributed by atoms with Crippen LogP contribution in [0.25, 0.3) is 0 Å². The summed E-state index contributed by atoms with van der Waals surface area (Å²) in [7, 11) is 0. The van der Waals surface area contributed by atoms with Gasteiger partial charge in [0, 0.05) is 8.95 Å². The fourth-order valence-corrected chi connectivity index (χ4v) is 11.4. The lowest BCUT2D eigenvalue weighted by Crippen LogP contribution is -2.13. The molecule has 0 aromatic heterocycles. The maximum absolute atomic E-state index is 14.1. The van der Waals surface area contributed by atoms with Crippen LogP contribution >= 0.6 is 31.9 Å². The Morgan fingerprint density at radius 1 is 0.244 bits per heavy atom. The zero-order valence-corrected chi connectivity index (χ0v) is 63.3. The zero-order chi connectivity index (χ0) is 66.3. The molecule has 5 aromatic carbocycles. The van der Waals surface area contributed by atoms with Crippen LogP contribution in [0.15, 0.2) is 99.9 Å². The molecule has 0 bridgehead atoms. The van der Waals surface area contributed by atoms with E-state index >= 15 is 0 Å². The van der Waals surface area contributed by atoms with Crippen molar-refractivity contribution in [2.75, 3.05) is 0 Å². The second-order valence-corrected chi connectivity index (χ2v) is 38.8. The Morgan fingerprint density at radius 3 is 0.698 bits per heavy atom. The van der Waals surface area contributed by atoms with Crippen molar-refractivity contribution < 1.29 is 13.2 Å². The molecule has 5 heteroatoms. The average Bonchev–Trinajstić information content (AvgIpc) is 2.71. The van der Waals surface area contributed by atoms with Gasteiger partial charge in [-0.25, -0.2) is 13.2 Å². The predicted octanol–water partition coefficient (Wildman–Crippen LogP) is 26.9. The molecule has 5 rings (SSSR count). The van der Waals surface area contributed by atoms with Crippen LogP contribution in [0, 0.1) is 71.6 Å². The number of halogens is 5. The standard InChI is InChI=1S/2C16H24BrF.C16H25F.2C16H26.CH4/c2*1-15(2,3)9-11-8-14(18)12(7-13(11)17)10-16(4,5)6;1-15(2,3)10-12-7-13(9-14(17)8-12)11-16(4,5)6;1-15(2,3)11-13-7-9-14(10-8-13)12-16(4,5)6;1-15(2,3)11-13-8-7-9-14(10-13)12-16(4,5)6;/h2*7-8H,9-10H2,1-6H3;7-9H,10-11H2,1-6H3;2*7-10H,11-12H2,1-6H3;1H4. The van der Waals surface area contributed by atoms with E-state index in [4.69, 9.17) is 0 Å². The van der Waals surface area contributed by atoms with E-state index in [9.17, 15) is 13.2 Å². The molecule has 5 aromatic rings. The van der Waals surface area contributed by atoms with Crippen LogP contribution in [0.2, 0.25) is 0 Å². The first-order chi connectivity index (χ1) is 37.8. The fraction of sp³-hybridized carbons (Fsp3) is 0.630. The van der Waals surface area contributed by atoms with E-state index in [0.29, 0.717) is 21.7 Å². The Hall–Kier alpha value is -3.15. The maximum Gasteiger partial charge on any atom is 0.126 e. The molecule has 0 aliphatic heterocycles. The van der Waals surface area contributed by atoms with Crippen LogP contribution in [0.5, 0.6) is 0 Å². The SMILES string of the molecule is C.CC(C)(C)Cc1cc(Br)c(CC(C)(C)C)cc1F.CC(C)(C)Cc1cc(Br)c(CC(C)(C)C)cc1F.CC(C)(C)Cc1cc(F)cc(CC(C)(C)C)c1.CC(C)(C)Cc1ccc(CC(C)(C)C)cc1.CC(C)(C)Cc1cccc(CC(C)(C)C)c1. The van der Waals surface area contributed by atoms with Crippen molar-refractivity contribution in [3.05, 3.63) is 173 Å². The Morgan fingerprint density at radius 2 is 0.453 bits per heavy atom. The normalized spacial score (nSPS) is 12.7. The summed E-state index contributed by atoms with van der Waals surface area (Å²) in [5, 5.41) is 0. The molecule has 86 heavy (non-hydrogen) atoms. The molecule has 488 valence electrons. The molecular formula is C81H129Br2F3. The van der Waals surface area contributed by atoms with E-state index in [-0.39, 0.29) is 57.4 Å². The van der Waals surface area contributed by atoms with Gasteiger partial charge in [-0.05, 0) is 210 Å². The summed E-state index contributed by atoms with van der Waals surface area (Å²) in [5.41, 5.74) is 14.2. The monoisotopic (exact) mass is 1320 g/mol. The molecule has 0 aliphatic rings. The molecular weight excluding hydrogens is 1190 g/mol. The summed E-state index contributed by atoms with van der Waals surface area (Å²) in [6.07, 6.45) is 9.73. The van der Waals surface area contributed by atoms with Gasteiger partial charge >= 0.3 is 0 Å². The number of benzene rings is 5. The molecule has 0 N–H and O–H groups in total. The first-order valence-corrected chi connectivity index (χ1v) is 33.3. The third kappa shape index (κ3) is 42.0. The molecule has 0 saturated carbocycles. The third-order valence-electron chi connectivity index (χ3n) is 12.8. The van der Waals surface area contributed by atoms with Crippen molar-refractivity contribution in [3.8, 4) is 0 Å². The molecule has 0 atom stereocenters. The molecule has 0 saturated heterocycles. The Kier molecular flexibility index (Phi) is 32.0. The topological polar surface area (TPSA) is 0 Å². The minimum atomic E-state index is -0.106. The second-order valence-electron chi connectivity index (χ2n) is 37.0. The van der Waals surface area contributed by atoms with Crippen LogP contribution in [0.4, 0.5) is 13.2 Å².